The standard InChI is InChI=1S/C18H28FN3O2/c1-14(22-10-11-24-17(13-22)12-21(2)3)18(23)20-9-8-15-4-6-16(19)7-5-15/h4-7,14,17H,8-13H2,1-3H3,(H,20,23)/t14-,17-/m1/s1. The normalized spacial score (nSPS) is 20.1. The second-order valence-corrected chi connectivity index (χ2v) is 6.59. The highest BCUT2D eigenvalue weighted by atomic mass is 19.1. The van der Waals surface area contributed by atoms with Gasteiger partial charge in [0.2, 0.25) is 5.91 Å². The Morgan fingerprint density at radius 2 is 2.12 bits per heavy atom. The molecule has 0 aromatic heterocycles. The summed E-state index contributed by atoms with van der Waals surface area (Å²) in [7, 11) is 4.04. The lowest BCUT2D eigenvalue weighted by Gasteiger charge is -2.37. The van der Waals surface area contributed by atoms with Gasteiger partial charge in [-0.2, -0.15) is 0 Å². The van der Waals surface area contributed by atoms with Gasteiger partial charge in [-0.3, -0.25) is 9.69 Å². The molecule has 1 aliphatic heterocycles. The zero-order valence-corrected chi connectivity index (χ0v) is 14.8. The Hall–Kier alpha value is -1.50. The molecule has 0 bridgehead atoms. The number of nitrogens with one attached hydrogen (secondary N) is 1. The van der Waals surface area contributed by atoms with E-state index in [4.69, 9.17) is 4.74 Å². The minimum Gasteiger partial charge on any atom is -0.374 e. The van der Waals surface area contributed by atoms with Crippen molar-refractivity contribution in [2.24, 2.45) is 0 Å². The topological polar surface area (TPSA) is 44.8 Å². The highest BCUT2D eigenvalue weighted by molar-refractivity contribution is 5.81. The van der Waals surface area contributed by atoms with Gasteiger partial charge in [0.15, 0.2) is 0 Å². The van der Waals surface area contributed by atoms with Crippen molar-refractivity contribution in [1.29, 1.82) is 0 Å². The first-order valence-electron chi connectivity index (χ1n) is 8.48. The van der Waals surface area contributed by atoms with E-state index in [1.807, 2.05) is 21.0 Å². The zero-order valence-electron chi connectivity index (χ0n) is 14.8. The molecule has 0 radical (unpaired) electrons. The fourth-order valence-corrected chi connectivity index (χ4v) is 2.91. The molecule has 2 atom stereocenters. The van der Waals surface area contributed by atoms with E-state index >= 15 is 0 Å². The first kappa shape index (κ1) is 18.8. The maximum Gasteiger partial charge on any atom is 0.237 e. The maximum atomic E-state index is 12.9. The van der Waals surface area contributed by atoms with Crippen LogP contribution in [0, 0.1) is 5.82 Å². The second kappa shape index (κ2) is 9.11. The predicted molar refractivity (Wildman–Crippen MR) is 92.4 cm³/mol. The van der Waals surface area contributed by atoms with Crippen molar-refractivity contribution in [3.63, 3.8) is 0 Å². The van der Waals surface area contributed by atoms with Gasteiger partial charge < -0.3 is 15.0 Å². The van der Waals surface area contributed by atoms with E-state index in [-0.39, 0.29) is 23.9 Å². The molecule has 1 heterocycles. The van der Waals surface area contributed by atoms with Crippen LogP contribution in [0.5, 0.6) is 0 Å². The molecule has 0 spiro atoms. The molecule has 6 heteroatoms. The number of amides is 1. The third kappa shape index (κ3) is 5.85. The lowest BCUT2D eigenvalue weighted by atomic mass is 10.1. The number of halogens is 1. The molecule has 0 aliphatic carbocycles. The van der Waals surface area contributed by atoms with Crippen LogP contribution in [0.2, 0.25) is 0 Å². The largest absolute Gasteiger partial charge is 0.374 e. The molecule has 1 aromatic carbocycles. The summed E-state index contributed by atoms with van der Waals surface area (Å²) < 4.78 is 18.6. The van der Waals surface area contributed by atoms with E-state index < -0.39 is 0 Å². The molecular weight excluding hydrogens is 309 g/mol. The van der Waals surface area contributed by atoms with Crippen LogP contribution in [0.25, 0.3) is 0 Å². The third-order valence-corrected chi connectivity index (χ3v) is 4.29. The van der Waals surface area contributed by atoms with Gasteiger partial charge in [0.1, 0.15) is 5.82 Å². The molecule has 1 aromatic rings. The van der Waals surface area contributed by atoms with Crippen molar-refractivity contribution >= 4 is 5.91 Å². The van der Waals surface area contributed by atoms with Crippen molar-refractivity contribution in [3.05, 3.63) is 35.6 Å². The molecule has 1 aliphatic rings. The number of morpholine rings is 1. The molecule has 24 heavy (non-hydrogen) atoms. The van der Waals surface area contributed by atoms with Gasteiger partial charge in [0.05, 0.1) is 18.8 Å². The van der Waals surface area contributed by atoms with Crippen LogP contribution in [-0.4, -0.2) is 74.7 Å². The van der Waals surface area contributed by atoms with Gasteiger partial charge in [0.25, 0.3) is 0 Å². The SMILES string of the molecule is C[C@H](C(=O)NCCc1ccc(F)cc1)N1CCO[C@H](CN(C)C)C1. The molecule has 1 fully saturated rings. The fourth-order valence-electron chi connectivity index (χ4n) is 2.91. The van der Waals surface area contributed by atoms with Crippen molar-refractivity contribution < 1.29 is 13.9 Å². The van der Waals surface area contributed by atoms with Crippen LogP contribution in [0.1, 0.15) is 12.5 Å². The number of carbonyl (C=O) groups excluding carboxylic acids is 1. The highest BCUT2D eigenvalue weighted by Gasteiger charge is 2.27. The number of benzene rings is 1. The predicted octanol–water partition coefficient (Wildman–Crippen LogP) is 1.14. The van der Waals surface area contributed by atoms with E-state index in [1.54, 1.807) is 12.1 Å². The van der Waals surface area contributed by atoms with E-state index in [0.717, 1.165) is 25.2 Å². The summed E-state index contributed by atoms with van der Waals surface area (Å²) in [4.78, 5) is 16.6. The molecule has 1 amide bonds. The van der Waals surface area contributed by atoms with E-state index in [1.165, 1.54) is 12.1 Å². The quantitative estimate of drug-likeness (QED) is 0.810. The lowest BCUT2D eigenvalue weighted by Crippen LogP contribution is -2.54. The van der Waals surface area contributed by atoms with Gasteiger partial charge in [-0.05, 0) is 45.1 Å². The van der Waals surface area contributed by atoms with Gasteiger partial charge in [-0.25, -0.2) is 4.39 Å². The zero-order chi connectivity index (χ0) is 17.5. The van der Waals surface area contributed by atoms with Crippen molar-refractivity contribution in [3.8, 4) is 0 Å². The van der Waals surface area contributed by atoms with Crippen molar-refractivity contribution in [2.75, 3.05) is 46.9 Å². The summed E-state index contributed by atoms with van der Waals surface area (Å²) >= 11 is 0. The Bertz CT molecular complexity index is 522. The van der Waals surface area contributed by atoms with E-state index in [9.17, 15) is 9.18 Å². The van der Waals surface area contributed by atoms with Crippen LogP contribution >= 0.6 is 0 Å². The monoisotopic (exact) mass is 337 g/mol. The minimum atomic E-state index is -0.240. The van der Waals surface area contributed by atoms with Gasteiger partial charge in [0, 0.05) is 26.2 Å². The Morgan fingerprint density at radius 3 is 2.79 bits per heavy atom. The summed E-state index contributed by atoms with van der Waals surface area (Å²) in [6.07, 6.45) is 0.841. The summed E-state index contributed by atoms with van der Waals surface area (Å²) in [6, 6.07) is 6.21. The van der Waals surface area contributed by atoms with Gasteiger partial charge in [-0.15, -0.1) is 0 Å². The number of hydrogen-bond donors (Lipinski definition) is 1. The van der Waals surface area contributed by atoms with Crippen LogP contribution < -0.4 is 5.32 Å². The molecule has 134 valence electrons. The number of rotatable bonds is 7. The molecule has 1 saturated heterocycles. The van der Waals surface area contributed by atoms with E-state index in [0.29, 0.717) is 19.6 Å². The number of likely N-dealkylation sites (N-methyl/N-ethyl adjacent to an activating group) is 1. The van der Waals surface area contributed by atoms with Crippen LogP contribution in [0.15, 0.2) is 24.3 Å². The van der Waals surface area contributed by atoms with Gasteiger partial charge >= 0.3 is 0 Å². The minimum absolute atomic E-state index is 0.0302. The molecule has 1 N–H and O–H groups in total. The Morgan fingerprint density at radius 1 is 1.42 bits per heavy atom. The Kier molecular flexibility index (Phi) is 7.15. The average Bonchev–Trinajstić information content (AvgIpc) is 2.55. The molecule has 2 rings (SSSR count). The maximum absolute atomic E-state index is 12.9. The molecule has 5 nitrogen and oxygen atoms in total. The van der Waals surface area contributed by atoms with Gasteiger partial charge in [-0.1, -0.05) is 12.1 Å². The summed E-state index contributed by atoms with van der Waals surface area (Å²) in [5.74, 6) is -0.210. The van der Waals surface area contributed by atoms with E-state index in [2.05, 4.69) is 15.1 Å². The summed E-state index contributed by atoms with van der Waals surface area (Å²) in [5.41, 5.74) is 1.02. The molecule has 0 saturated carbocycles. The lowest BCUT2D eigenvalue weighted by molar-refractivity contribution is -0.129. The Balaban J connectivity index is 1.75. The number of nitrogens with zero attached hydrogens (tertiary/aromatic N) is 2. The highest BCUT2D eigenvalue weighted by Crippen LogP contribution is 2.10. The van der Waals surface area contributed by atoms with Crippen molar-refractivity contribution in [1.82, 2.24) is 15.1 Å². The number of carbonyl (C=O) groups is 1. The first-order chi connectivity index (χ1) is 11.5. The molecular formula is C18H28FN3O2. The number of ether oxygens (including phenoxy) is 1. The summed E-state index contributed by atoms with van der Waals surface area (Å²) in [6.45, 7) is 5.55. The summed E-state index contributed by atoms with van der Waals surface area (Å²) in [5, 5.41) is 2.97. The van der Waals surface area contributed by atoms with Crippen LogP contribution in [0.3, 0.4) is 0 Å². The average molecular weight is 337 g/mol. The number of hydrogen-bond acceptors (Lipinski definition) is 4. The Labute approximate surface area is 143 Å². The van der Waals surface area contributed by atoms with Crippen LogP contribution in [-0.2, 0) is 16.0 Å². The third-order valence-electron chi connectivity index (χ3n) is 4.29. The smallest absolute Gasteiger partial charge is 0.237 e. The molecule has 0 unspecified atom stereocenters. The second-order valence-electron chi connectivity index (χ2n) is 6.59. The first-order valence-corrected chi connectivity index (χ1v) is 8.48. The van der Waals surface area contributed by atoms with Crippen molar-refractivity contribution in [2.45, 2.75) is 25.5 Å². The fraction of sp³-hybridized carbons (Fsp3) is 0.611. The van der Waals surface area contributed by atoms with Crippen LogP contribution in [0.4, 0.5) is 4.39 Å².